The number of guanidine groups is 2. The van der Waals surface area contributed by atoms with E-state index >= 15 is 0 Å². The number of rotatable bonds is 9. The maximum atomic E-state index is 12.1. The van der Waals surface area contributed by atoms with Gasteiger partial charge in [-0.2, -0.15) is 0 Å². The van der Waals surface area contributed by atoms with Crippen molar-refractivity contribution >= 4 is 24.2 Å². The zero-order valence-corrected chi connectivity index (χ0v) is 24.0. The molecule has 0 aromatic carbocycles. The number of ether oxygens (including phenoxy) is 4. The van der Waals surface area contributed by atoms with E-state index in [-0.39, 0.29) is 6.29 Å². The lowest BCUT2D eigenvalue weighted by molar-refractivity contribution is -0.314. The highest BCUT2D eigenvalue weighted by atomic mass is 16.8. The smallest absolute Gasteiger partial charge is 0.300 e. The molecule has 0 bridgehead atoms. The summed E-state index contributed by atoms with van der Waals surface area (Å²) in [5.41, 5.74) is 8.38. The standard InChI is InChI=1S/C21H39N7O12.C2H4O2/c1-5-21(36,4-30)16(40-17-9(26-2)13(34)10(31)6(3-29)38-17)18(37-5)39-15-8(28-20(24)25)11(32)7(27-19(22)23)12(33)14(15)35;1-2(3)4/h4-18,26,29,31-36H,3H2,1-2H3,(H4,22,23,27)(H4,24,25,28);1H3,(H,3,4)/t5-,6-,7+,8-,9-,10-,11+,12-,13-,14+,15+,16-,17-,18-,21+;/m0./s1. The van der Waals surface area contributed by atoms with Gasteiger partial charge in [0.1, 0.15) is 42.7 Å². The fourth-order valence-corrected chi connectivity index (χ4v) is 5.18. The van der Waals surface area contributed by atoms with E-state index in [4.69, 9.17) is 51.1 Å². The van der Waals surface area contributed by atoms with Crippen LogP contribution in [-0.2, 0) is 28.5 Å². The minimum absolute atomic E-state index is 0.136. The molecule has 2 aliphatic heterocycles. The van der Waals surface area contributed by atoms with Crippen LogP contribution in [0.3, 0.4) is 0 Å². The number of hydrogen-bond acceptors (Lipinski definition) is 16. The van der Waals surface area contributed by atoms with Crippen molar-refractivity contribution in [2.45, 2.75) is 105 Å². The molecular formula is C23H43N7O14. The summed E-state index contributed by atoms with van der Waals surface area (Å²) < 4.78 is 22.9. The lowest BCUT2D eigenvalue weighted by atomic mass is 9.81. The average Bonchev–Trinajstić information content (AvgIpc) is 3.17. The number of carboxylic acids is 1. The van der Waals surface area contributed by atoms with Crippen LogP contribution in [0.15, 0.2) is 0 Å². The quantitative estimate of drug-likeness (QED) is 0.0631. The van der Waals surface area contributed by atoms with E-state index in [0.717, 1.165) is 6.92 Å². The number of aliphatic hydroxyl groups is 7. The Hall–Kier alpha value is -2.80. The SMILES string of the molecule is CC(=O)O.CN[C@@H]1[C@H](O[C@H]2[C@H](O[C@H]3[C@H](O)[C@@H](O)[C@H](NC(=N)N)[C@@H](O)[C@@H]3NC(=N)N)O[C@@H](C)[C@]2(O)C=O)O[C@@H](CO)[C@H](O)[C@H]1O. The number of carbonyl (C=O) groups is 2. The lowest BCUT2D eigenvalue weighted by Gasteiger charge is -2.47. The fourth-order valence-electron chi connectivity index (χ4n) is 5.18. The molecule has 0 amide bonds. The normalized spacial score (nSPS) is 43.7. The van der Waals surface area contributed by atoms with Crippen molar-refractivity contribution in [3.05, 3.63) is 0 Å². The number of carboxylic acid groups (broad SMARTS) is 1. The Morgan fingerprint density at radius 2 is 1.43 bits per heavy atom. The van der Waals surface area contributed by atoms with Gasteiger partial charge in [0.15, 0.2) is 36.4 Å². The van der Waals surface area contributed by atoms with Gasteiger partial charge in [-0.3, -0.25) is 20.4 Å². The Morgan fingerprint density at radius 3 is 1.91 bits per heavy atom. The Morgan fingerprint density at radius 1 is 0.909 bits per heavy atom. The van der Waals surface area contributed by atoms with Gasteiger partial charge in [0.2, 0.25) is 0 Å². The summed E-state index contributed by atoms with van der Waals surface area (Å²) in [7, 11) is 1.41. The molecule has 0 aromatic rings. The van der Waals surface area contributed by atoms with Crippen LogP contribution in [0.1, 0.15) is 13.8 Å². The van der Waals surface area contributed by atoms with E-state index in [0.29, 0.717) is 0 Å². The van der Waals surface area contributed by atoms with Gasteiger partial charge < -0.3 is 87.2 Å². The van der Waals surface area contributed by atoms with Crippen LogP contribution in [0, 0.1) is 10.8 Å². The molecule has 254 valence electrons. The molecule has 2 heterocycles. The van der Waals surface area contributed by atoms with E-state index in [1.54, 1.807) is 0 Å². The zero-order chi connectivity index (χ0) is 33.7. The predicted octanol–water partition coefficient (Wildman–Crippen LogP) is -7.65. The summed E-state index contributed by atoms with van der Waals surface area (Å²) in [5.74, 6) is -2.12. The van der Waals surface area contributed by atoms with Crippen molar-refractivity contribution in [1.29, 1.82) is 10.8 Å². The molecule has 3 fully saturated rings. The predicted molar refractivity (Wildman–Crippen MR) is 145 cm³/mol. The van der Waals surface area contributed by atoms with Gasteiger partial charge in [-0.15, -0.1) is 0 Å². The van der Waals surface area contributed by atoms with Crippen molar-refractivity contribution in [2.75, 3.05) is 13.7 Å². The number of nitrogens with one attached hydrogen (secondary N) is 5. The first-order chi connectivity index (χ1) is 20.4. The van der Waals surface area contributed by atoms with Crippen LogP contribution in [-0.4, -0.2) is 170 Å². The second-order valence-electron chi connectivity index (χ2n) is 10.5. The topological polar surface area (TPSA) is 369 Å². The Balaban J connectivity index is 0.00000159. The highest BCUT2D eigenvalue weighted by Crippen LogP contribution is 2.37. The lowest BCUT2D eigenvalue weighted by Crippen LogP contribution is -2.73. The maximum Gasteiger partial charge on any atom is 0.300 e. The largest absolute Gasteiger partial charge is 0.481 e. The highest BCUT2D eigenvalue weighted by Gasteiger charge is 2.60. The number of nitrogens with two attached hydrogens (primary N) is 2. The second kappa shape index (κ2) is 15.5. The molecule has 3 rings (SSSR count). The highest BCUT2D eigenvalue weighted by molar-refractivity contribution is 5.76. The first-order valence-corrected chi connectivity index (χ1v) is 13.3. The van der Waals surface area contributed by atoms with Crippen LogP contribution < -0.4 is 27.4 Å². The van der Waals surface area contributed by atoms with Gasteiger partial charge >= 0.3 is 0 Å². The molecule has 44 heavy (non-hydrogen) atoms. The van der Waals surface area contributed by atoms with E-state index in [1.165, 1.54) is 14.0 Å². The van der Waals surface area contributed by atoms with Crippen LogP contribution in [0.5, 0.6) is 0 Å². The third-order valence-corrected chi connectivity index (χ3v) is 7.46. The molecule has 21 heteroatoms. The van der Waals surface area contributed by atoms with Gasteiger partial charge in [-0.1, -0.05) is 0 Å². The van der Waals surface area contributed by atoms with Crippen molar-refractivity contribution in [3.63, 3.8) is 0 Å². The molecule has 0 unspecified atom stereocenters. The number of aldehydes is 1. The monoisotopic (exact) mass is 641 g/mol. The van der Waals surface area contributed by atoms with Gasteiger partial charge in [0, 0.05) is 6.92 Å². The van der Waals surface area contributed by atoms with E-state index < -0.39 is 116 Å². The minimum Gasteiger partial charge on any atom is -0.481 e. The molecule has 1 aliphatic carbocycles. The summed E-state index contributed by atoms with van der Waals surface area (Å²) in [5, 5.41) is 104. The van der Waals surface area contributed by atoms with Crippen molar-refractivity contribution in [3.8, 4) is 0 Å². The van der Waals surface area contributed by atoms with Crippen molar-refractivity contribution < 1.29 is 69.4 Å². The third-order valence-electron chi connectivity index (χ3n) is 7.46. The molecule has 21 nitrogen and oxygen atoms in total. The third kappa shape index (κ3) is 8.07. The van der Waals surface area contributed by atoms with E-state index in [1.807, 2.05) is 0 Å². The first-order valence-electron chi connectivity index (χ1n) is 13.3. The molecule has 0 aromatic heterocycles. The van der Waals surface area contributed by atoms with Crippen LogP contribution in [0.4, 0.5) is 0 Å². The summed E-state index contributed by atoms with van der Waals surface area (Å²) in [6.45, 7) is 1.70. The number of aliphatic carboxylic acids is 1. The van der Waals surface area contributed by atoms with Gasteiger partial charge in [0.05, 0.1) is 36.9 Å². The molecule has 15 atom stereocenters. The molecule has 3 aliphatic rings. The van der Waals surface area contributed by atoms with Crippen molar-refractivity contribution in [2.24, 2.45) is 11.5 Å². The van der Waals surface area contributed by atoms with Crippen LogP contribution >= 0.6 is 0 Å². The number of hydrogen-bond donors (Lipinski definition) is 15. The van der Waals surface area contributed by atoms with Gasteiger partial charge in [-0.05, 0) is 14.0 Å². The second-order valence-corrected chi connectivity index (χ2v) is 10.5. The Kier molecular flexibility index (Phi) is 13.1. The molecule has 0 spiro atoms. The fraction of sp³-hybridized carbons (Fsp3) is 0.826. The molecule has 0 radical (unpaired) electrons. The average molecular weight is 642 g/mol. The molecule has 1 saturated carbocycles. The van der Waals surface area contributed by atoms with Gasteiger partial charge in [-0.25, -0.2) is 0 Å². The summed E-state index contributed by atoms with van der Waals surface area (Å²) in [6.07, 6.45) is -17.3. The number of aliphatic hydroxyl groups excluding tert-OH is 6. The number of carbonyl (C=O) groups excluding carboxylic acids is 1. The van der Waals surface area contributed by atoms with Crippen LogP contribution in [0.25, 0.3) is 0 Å². The zero-order valence-electron chi connectivity index (χ0n) is 24.0. The summed E-state index contributed by atoms with van der Waals surface area (Å²) >= 11 is 0. The molecule has 2 saturated heterocycles. The molecule has 17 N–H and O–H groups in total. The number of likely N-dealkylation sites (N-methyl/N-ethyl adjacent to an activating group) is 1. The summed E-state index contributed by atoms with van der Waals surface area (Å²) in [4.78, 5) is 21.1. The van der Waals surface area contributed by atoms with Crippen LogP contribution in [0.2, 0.25) is 0 Å². The van der Waals surface area contributed by atoms with Gasteiger partial charge in [0.25, 0.3) is 5.97 Å². The minimum atomic E-state index is -2.39. The van der Waals surface area contributed by atoms with Crippen molar-refractivity contribution in [1.82, 2.24) is 16.0 Å². The van der Waals surface area contributed by atoms with E-state index in [2.05, 4.69) is 16.0 Å². The molecular weight excluding hydrogens is 598 g/mol. The first kappa shape index (κ1) is 37.4. The Bertz CT molecular complexity index is 1010. The van der Waals surface area contributed by atoms with E-state index in [9.17, 15) is 40.5 Å². The Labute approximate surface area is 251 Å². The maximum absolute atomic E-state index is 12.1. The summed E-state index contributed by atoms with van der Waals surface area (Å²) in [6, 6.07) is -3.95.